The third-order valence-corrected chi connectivity index (χ3v) is 2.89. The summed E-state index contributed by atoms with van der Waals surface area (Å²) in [5, 5.41) is 5.98. The molecular formula is C16H19N3O2. The van der Waals surface area contributed by atoms with Crippen LogP contribution in [0.1, 0.15) is 19.8 Å². The van der Waals surface area contributed by atoms with Gasteiger partial charge in [0.05, 0.1) is 24.7 Å². The van der Waals surface area contributed by atoms with E-state index >= 15 is 0 Å². The number of aromatic nitrogens is 1. The molecule has 21 heavy (non-hydrogen) atoms. The number of nitrogens with one attached hydrogen (secondary N) is 2. The highest BCUT2D eigenvalue weighted by atomic mass is 16.5. The van der Waals surface area contributed by atoms with Gasteiger partial charge in [0, 0.05) is 6.42 Å². The van der Waals surface area contributed by atoms with Crippen LogP contribution in [-0.2, 0) is 4.79 Å². The Kier molecular flexibility index (Phi) is 5.15. The predicted molar refractivity (Wildman–Crippen MR) is 84.1 cm³/mol. The third kappa shape index (κ3) is 4.21. The van der Waals surface area contributed by atoms with Gasteiger partial charge in [-0.25, -0.2) is 4.98 Å². The van der Waals surface area contributed by atoms with Crippen LogP contribution in [0.5, 0.6) is 5.75 Å². The largest absolute Gasteiger partial charge is 0.495 e. The van der Waals surface area contributed by atoms with Crippen LogP contribution in [0, 0.1) is 0 Å². The zero-order valence-corrected chi connectivity index (χ0v) is 12.2. The minimum atomic E-state index is -0.0181. The molecule has 0 fully saturated rings. The Balaban J connectivity index is 2.04. The monoisotopic (exact) mass is 285 g/mol. The summed E-state index contributed by atoms with van der Waals surface area (Å²) < 4.78 is 5.28. The molecule has 0 aliphatic carbocycles. The van der Waals surface area contributed by atoms with Gasteiger partial charge < -0.3 is 15.4 Å². The van der Waals surface area contributed by atoms with E-state index in [1.54, 1.807) is 19.4 Å². The molecule has 1 heterocycles. The summed E-state index contributed by atoms with van der Waals surface area (Å²) in [7, 11) is 1.63. The Labute approximate surface area is 124 Å². The molecule has 0 aliphatic heterocycles. The van der Waals surface area contributed by atoms with Crippen molar-refractivity contribution in [2.45, 2.75) is 19.8 Å². The molecule has 1 aromatic carbocycles. The highest BCUT2D eigenvalue weighted by molar-refractivity contribution is 5.89. The van der Waals surface area contributed by atoms with Crippen molar-refractivity contribution in [2.24, 2.45) is 0 Å². The Morgan fingerprint density at radius 1 is 1.24 bits per heavy atom. The van der Waals surface area contributed by atoms with Crippen LogP contribution >= 0.6 is 0 Å². The number of para-hydroxylation sites is 2. The number of anilines is 3. The fourth-order valence-electron chi connectivity index (χ4n) is 1.88. The molecule has 2 rings (SSSR count). The zero-order chi connectivity index (χ0) is 15.1. The average Bonchev–Trinajstić information content (AvgIpc) is 2.50. The molecule has 5 heteroatoms. The first-order valence-electron chi connectivity index (χ1n) is 6.89. The van der Waals surface area contributed by atoms with Crippen LogP contribution in [0.25, 0.3) is 0 Å². The van der Waals surface area contributed by atoms with Gasteiger partial charge in [-0.15, -0.1) is 0 Å². The lowest BCUT2D eigenvalue weighted by Crippen LogP contribution is -2.11. The van der Waals surface area contributed by atoms with Crippen molar-refractivity contribution in [3.8, 4) is 5.75 Å². The Bertz CT molecular complexity index is 597. The molecule has 0 atom stereocenters. The molecule has 5 nitrogen and oxygen atoms in total. The summed E-state index contributed by atoms with van der Waals surface area (Å²) in [6.45, 7) is 1.97. The number of rotatable bonds is 6. The summed E-state index contributed by atoms with van der Waals surface area (Å²) >= 11 is 0. The van der Waals surface area contributed by atoms with E-state index in [1.165, 1.54) is 0 Å². The van der Waals surface area contributed by atoms with E-state index in [-0.39, 0.29) is 5.91 Å². The van der Waals surface area contributed by atoms with Crippen molar-refractivity contribution < 1.29 is 9.53 Å². The quantitative estimate of drug-likeness (QED) is 0.851. The highest BCUT2D eigenvalue weighted by Gasteiger charge is 2.04. The number of methoxy groups -OCH3 is 1. The lowest BCUT2D eigenvalue weighted by atomic mass is 10.2. The molecule has 1 amide bonds. The van der Waals surface area contributed by atoms with E-state index in [1.807, 2.05) is 37.3 Å². The van der Waals surface area contributed by atoms with Gasteiger partial charge >= 0.3 is 0 Å². The first-order valence-corrected chi connectivity index (χ1v) is 6.89. The Morgan fingerprint density at radius 3 is 2.71 bits per heavy atom. The number of benzene rings is 1. The third-order valence-electron chi connectivity index (χ3n) is 2.89. The molecule has 2 aromatic rings. The van der Waals surface area contributed by atoms with Crippen molar-refractivity contribution in [1.82, 2.24) is 4.98 Å². The molecule has 0 saturated heterocycles. The minimum absolute atomic E-state index is 0.0181. The second-order valence-corrected chi connectivity index (χ2v) is 4.56. The number of hydrogen-bond donors (Lipinski definition) is 2. The molecular weight excluding hydrogens is 266 g/mol. The van der Waals surface area contributed by atoms with Crippen LogP contribution in [0.2, 0.25) is 0 Å². The van der Waals surface area contributed by atoms with Gasteiger partial charge in [0.25, 0.3) is 0 Å². The second kappa shape index (κ2) is 7.28. The molecule has 0 saturated carbocycles. The van der Waals surface area contributed by atoms with Crippen molar-refractivity contribution >= 4 is 23.1 Å². The van der Waals surface area contributed by atoms with Crippen LogP contribution in [0.3, 0.4) is 0 Å². The number of ether oxygens (including phenoxy) is 1. The molecule has 0 spiro atoms. The van der Waals surface area contributed by atoms with E-state index in [0.717, 1.165) is 23.5 Å². The summed E-state index contributed by atoms with van der Waals surface area (Å²) in [4.78, 5) is 15.7. The average molecular weight is 285 g/mol. The SMILES string of the molecule is CCCC(=O)Nc1ccc(Nc2ccccc2OC)cn1. The van der Waals surface area contributed by atoms with Gasteiger partial charge in [-0.1, -0.05) is 19.1 Å². The van der Waals surface area contributed by atoms with Crippen LogP contribution in [-0.4, -0.2) is 18.0 Å². The van der Waals surface area contributed by atoms with Crippen molar-refractivity contribution in [2.75, 3.05) is 17.7 Å². The standard InChI is InChI=1S/C16H19N3O2/c1-3-6-16(20)19-15-10-9-12(11-17-15)18-13-7-4-5-8-14(13)21-2/h4-5,7-11,18H,3,6H2,1-2H3,(H,17,19,20). The molecule has 0 aliphatic rings. The van der Waals surface area contributed by atoms with Gasteiger partial charge in [-0.05, 0) is 30.7 Å². The van der Waals surface area contributed by atoms with Crippen LogP contribution in [0.4, 0.5) is 17.2 Å². The molecule has 0 unspecified atom stereocenters. The summed E-state index contributed by atoms with van der Waals surface area (Å²) in [6.07, 6.45) is 3.00. The normalized spacial score (nSPS) is 10.0. The topological polar surface area (TPSA) is 63.2 Å². The molecule has 0 radical (unpaired) electrons. The smallest absolute Gasteiger partial charge is 0.225 e. The van der Waals surface area contributed by atoms with Crippen LogP contribution < -0.4 is 15.4 Å². The summed E-state index contributed by atoms with van der Waals surface area (Å²) in [6, 6.07) is 11.3. The number of nitrogens with zero attached hydrogens (tertiary/aromatic N) is 1. The first-order chi connectivity index (χ1) is 10.2. The molecule has 0 bridgehead atoms. The van der Waals surface area contributed by atoms with Gasteiger partial charge in [-0.3, -0.25) is 4.79 Å². The molecule has 110 valence electrons. The Hall–Kier alpha value is -2.56. The number of hydrogen-bond acceptors (Lipinski definition) is 4. The van der Waals surface area contributed by atoms with Gasteiger partial charge in [0.15, 0.2) is 0 Å². The minimum Gasteiger partial charge on any atom is -0.495 e. The maximum Gasteiger partial charge on any atom is 0.225 e. The number of carbonyl (C=O) groups excluding carboxylic acids is 1. The number of amides is 1. The van der Waals surface area contributed by atoms with E-state index in [2.05, 4.69) is 15.6 Å². The maximum absolute atomic E-state index is 11.5. The second-order valence-electron chi connectivity index (χ2n) is 4.56. The van der Waals surface area contributed by atoms with E-state index in [9.17, 15) is 4.79 Å². The van der Waals surface area contributed by atoms with E-state index in [4.69, 9.17) is 4.74 Å². The fraction of sp³-hybridized carbons (Fsp3) is 0.250. The molecule has 2 N–H and O–H groups in total. The zero-order valence-electron chi connectivity index (χ0n) is 12.2. The number of carbonyl (C=O) groups is 1. The van der Waals surface area contributed by atoms with Gasteiger partial charge in [-0.2, -0.15) is 0 Å². The van der Waals surface area contributed by atoms with E-state index in [0.29, 0.717) is 12.2 Å². The van der Waals surface area contributed by atoms with Crippen molar-refractivity contribution in [3.63, 3.8) is 0 Å². The van der Waals surface area contributed by atoms with Gasteiger partial charge in [0.1, 0.15) is 11.6 Å². The fourth-order valence-corrected chi connectivity index (χ4v) is 1.88. The van der Waals surface area contributed by atoms with Crippen molar-refractivity contribution in [3.05, 3.63) is 42.6 Å². The van der Waals surface area contributed by atoms with E-state index < -0.39 is 0 Å². The highest BCUT2D eigenvalue weighted by Crippen LogP contribution is 2.26. The summed E-state index contributed by atoms with van der Waals surface area (Å²) in [5.41, 5.74) is 1.69. The lowest BCUT2D eigenvalue weighted by molar-refractivity contribution is -0.116. The first kappa shape index (κ1) is 14.8. The lowest BCUT2D eigenvalue weighted by Gasteiger charge is -2.11. The number of pyridine rings is 1. The predicted octanol–water partition coefficient (Wildman–Crippen LogP) is 3.57. The Morgan fingerprint density at radius 2 is 2.05 bits per heavy atom. The molecule has 1 aromatic heterocycles. The van der Waals surface area contributed by atoms with Crippen LogP contribution in [0.15, 0.2) is 42.6 Å². The van der Waals surface area contributed by atoms with Crippen molar-refractivity contribution in [1.29, 1.82) is 0 Å². The summed E-state index contributed by atoms with van der Waals surface area (Å²) in [5.74, 6) is 1.30. The maximum atomic E-state index is 11.5. The van der Waals surface area contributed by atoms with Gasteiger partial charge in [0.2, 0.25) is 5.91 Å².